The normalized spacial score (nSPS) is 13.2. The molecule has 1 heterocycles. The monoisotopic (exact) mass is 272 g/mol. The molecule has 0 aliphatic heterocycles. The van der Waals surface area contributed by atoms with Crippen LogP contribution in [0.4, 0.5) is 0 Å². The molecule has 0 amide bonds. The zero-order valence-corrected chi connectivity index (χ0v) is 12.1. The predicted octanol–water partition coefficient (Wildman–Crippen LogP) is 2.82. The van der Waals surface area contributed by atoms with Gasteiger partial charge in [-0.05, 0) is 38.5 Å². The molecule has 0 radical (unpaired) electrons. The van der Waals surface area contributed by atoms with E-state index in [-0.39, 0.29) is 18.6 Å². The van der Waals surface area contributed by atoms with Crippen LogP contribution >= 0.6 is 0 Å². The van der Waals surface area contributed by atoms with Crippen LogP contribution in [0, 0.1) is 5.41 Å². The highest BCUT2D eigenvalue weighted by molar-refractivity contribution is 5.82. The first-order valence-electron chi connectivity index (χ1n) is 6.66. The Labute approximate surface area is 119 Å². The van der Waals surface area contributed by atoms with E-state index in [1.807, 2.05) is 51.1 Å². The third kappa shape index (κ3) is 3.14. The number of nitrogens with two attached hydrogens (primary N) is 1. The van der Waals surface area contributed by atoms with Gasteiger partial charge < -0.3 is 10.5 Å². The van der Waals surface area contributed by atoms with Crippen molar-refractivity contribution in [1.29, 1.82) is 0 Å². The van der Waals surface area contributed by atoms with Gasteiger partial charge in [-0.15, -0.1) is 0 Å². The van der Waals surface area contributed by atoms with Gasteiger partial charge in [-0.25, -0.2) is 0 Å². The lowest BCUT2D eigenvalue weighted by molar-refractivity contribution is -0.153. The molecule has 0 spiro atoms. The largest absolute Gasteiger partial charge is 0.463 e. The Morgan fingerprint density at radius 3 is 2.70 bits per heavy atom. The minimum Gasteiger partial charge on any atom is -0.463 e. The third-order valence-corrected chi connectivity index (χ3v) is 3.09. The van der Waals surface area contributed by atoms with Crippen LogP contribution in [0.1, 0.15) is 32.4 Å². The summed E-state index contributed by atoms with van der Waals surface area (Å²) in [6, 6.07) is 9.31. The van der Waals surface area contributed by atoms with Crippen molar-refractivity contribution in [3.63, 3.8) is 0 Å². The molecule has 4 nitrogen and oxygen atoms in total. The van der Waals surface area contributed by atoms with Crippen molar-refractivity contribution in [2.75, 3.05) is 6.61 Å². The number of para-hydroxylation sites is 1. The van der Waals surface area contributed by atoms with E-state index >= 15 is 0 Å². The van der Waals surface area contributed by atoms with Crippen molar-refractivity contribution >= 4 is 16.9 Å². The fraction of sp³-hybridized carbons (Fsp3) is 0.375. The summed E-state index contributed by atoms with van der Waals surface area (Å²) in [7, 11) is 0. The van der Waals surface area contributed by atoms with E-state index in [1.54, 1.807) is 6.20 Å². The molecule has 0 saturated heterocycles. The van der Waals surface area contributed by atoms with Gasteiger partial charge in [0.1, 0.15) is 6.61 Å². The Morgan fingerprint density at radius 1 is 1.30 bits per heavy atom. The zero-order valence-electron chi connectivity index (χ0n) is 12.1. The number of esters is 1. The minimum absolute atomic E-state index is 0.171. The van der Waals surface area contributed by atoms with Gasteiger partial charge >= 0.3 is 5.97 Å². The van der Waals surface area contributed by atoms with Gasteiger partial charge in [0, 0.05) is 11.6 Å². The van der Waals surface area contributed by atoms with Crippen molar-refractivity contribution in [3.8, 4) is 0 Å². The lowest BCUT2D eigenvalue weighted by Gasteiger charge is -2.19. The first-order chi connectivity index (χ1) is 9.39. The van der Waals surface area contributed by atoms with Gasteiger partial charge in [0.25, 0.3) is 0 Å². The number of benzene rings is 1. The van der Waals surface area contributed by atoms with Crippen molar-refractivity contribution in [2.24, 2.45) is 11.1 Å². The Morgan fingerprint density at radius 2 is 2.00 bits per heavy atom. The smallest absolute Gasteiger partial charge is 0.311 e. The summed E-state index contributed by atoms with van der Waals surface area (Å²) in [6.45, 7) is 5.64. The second-order valence-corrected chi connectivity index (χ2v) is 5.87. The second kappa shape index (κ2) is 5.59. The average Bonchev–Trinajstić information content (AvgIpc) is 2.42. The summed E-state index contributed by atoms with van der Waals surface area (Å²) in [5.41, 5.74) is 7.47. The molecule has 1 atom stereocenters. The molecule has 1 aromatic carbocycles. The number of pyridine rings is 1. The Bertz CT molecular complexity index is 612. The van der Waals surface area contributed by atoms with Crippen molar-refractivity contribution < 1.29 is 9.53 Å². The Hall–Kier alpha value is -1.94. The standard InChI is InChI=1S/C16H20N2O2/c1-16(2,3)15(19)20-10-13(17)11-8-9-18-14-7-5-4-6-12(11)14/h4-9,13H,10,17H2,1-3H3. The Balaban J connectivity index is 2.16. The molecule has 106 valence electrons. The number of carbonyl (C=O) groups is 1. The van der Waals surface area contributed by atoms with Crippen LogP contribution in [0.15, 0.2) is 36.5 Å². The summed E-state index contributed by atoms with van der Waals surface area (Å²) in [6.07, 6.45) is 1.73. The zero-order chi connectivity index (χ0) is 14.8. The molecule has 0 aliphatic rings. The molecule has 2 N–H and O–H groups in total. The van der Waals surface area contributed by atoms with E-state index in [4.69, 9.17) is 10.5 Å². The highest BCUT2D eigenvalue weighted by atomic mass is 16.5. The molecule has 2 rings (SSSR count). The number of hydrogen-bond donors (Lipinski definition) is 1. The SMILES string of the molecule is CC(C)(C)C(=O)OCC(N)c1ccnc2ccccc12. The number of rotatable bonds is 3. The topological polar surface area (TPSA) is 65.2 Å². The van der Waals surface area contributed by atoms with Crippen LogP contribution in [0.5, 0.6) is 0 Å². The molecule has 20 heavy (non-hydrogen) atoms. The maximum absolute atomic E-state index is 11.8. The van der Waals surface area contributed by atoms with Crippen LogP contribution in [0.3, 0.4) is 0 Å². The highest BCUT2D eigenvalue weighted by Crippen LogP contribution is 2.22. The molecule has 0 aliphatic carbocycles. The van der Waals surface area contributed by atoms with Crippen LogP contribution in [-0.4, -0.2) is 17.6 Å². The predicted molar refractivity (Wildman–Crippen MR) is 79.1 cm³/mol. The number of carbonyl (C=O) groups excluding carboxylic acids is 1. The van der Waals surface area contributed by atoms with E-state index in [9.17, 15) is 4.79 Å². The highest BCUT2D eigenvalue weighted by Gasteiger charge is 2.24. The van der Waals surface area contributed by atoms with E-state index in [2.05, 4.69) is 4.98 Å². The lowest BCUT2D eigenvalue weighted by atomic mass is 9.97. The summed E-state index contributed by atoms with van der Waals surface area (Å²) >= 11 is 0. The fourth-order valence-corrected chi connectivity index (χ4v) is 1.91. The van der Waals surface area contributed by atoms with E-state index < -0.39 is 5.41 Å². The average molecular weight is 272 g/mol. The third-order valence-electron chi connectivity index (χ3n) is 3.09. The van der Waals surface area contributed by atoms with Crippen molar-refractivity contribution in [1.82, 2.24) is 4.98 Å². The van der Waals surface area contributed by atoms with Gasteiger partial charge in [-0.2, -0.15) is 0 Å². The molecular formula is C16H20N2O2. The second-order valence-electron chi connectivity index (χ2n) is 5.87. The molecular weight excluding hydrogens is 252 g/mol. The molecule has 0 bridgehead atoms. The minimum atomic E-state index is -0.514. The lowest BCUT2D eigenvalue weighted by Crippen LogP contribution is -2.27. The number of aromatic nitrogens is 1. The van der Waals surface area contributed by atoms with Gasteiger partial charge in [-0.3, -0.25) is 9.78 Å². The molecule has 0 saturated carbocycles. The molecule has 1 unspecified atom stereocenters. The van der Waals surface area contributed by atoms with Gasteiger partial charge in [0.15, 0.2) is 0 Å². The van der Waals surface area contributed by atoms with Gasteiger partial charge in [-0.1, -0.05) is 18.2 Å². The summed E-state index contributed by atoms with van der Waals surface area (Å²) < 4.78 is 5.29. The van der Waals surface area contributed by atoms with Crippen molar-refractivity contribution in [2.45, 2.75) is 26.8 Å². The van der Waals surface area contributed by atoms with E-state index in [0.717, 1.165) is 16.5 Å². The first-order valence-corrected chi connectivity index (χ1v) is 6.66. The molecule has 4 heteroatoms. The van der Waals surface area contributed by atoms with Crippen LogP contribution in [0.25, 0.3) is 10.9 Å². The van der Waals surface area contributed by atoms with E-state index in [0.29, 0.717) is 0 Å². The summed E-state index contributed by atoms with van der Waals surface area (Å²) in [5.74, 6) is -0.244. The number of nitrogens with zero attached hydrogens (tertiary/aromatic N) is 1. The number of ether oxygens (including phenoxy) is 1. The summed E-state index contributed by atoms with van der Waals surface area (Å²) in [5, 5.41) is 0.995. The van der Waals surface area contributed by atoms with Crippen molar-refractivity contribution in [3.05, 3.63) is 42.1 Å². The quantitative estimate of drug-likeness (QED) is 0.873. The first kappa shape index (κ1) is 14.5. The number of hydrogen-bond acceptors (Lipinski definition) is 4. The van der Waals surface area contributed by atoms with Gasteiger partial charge in [0.2, 0.25) is 0 Å². The Kier molecular flexibility index (Phi) is 4.04. The van der Waals surface area contributed by atoms with Crippen LogP contribution in [0.2, 0.25) is 0 Å². The van der Waals surface area contributed by atoms with Crippen LogP contribution in [-0.2, 0) is 9.53 Å². The van der Waals surface area contributed by atoms with E-state index in [1.165, 1.54) is 0 Å². The maximum atomic E-state index is 11.8. The molecule has 1 aromatic heterocycles. The van der Waals surface area contributed by atoms with Gasteiger partial charge in [0.05, 0.1) is 17.0 Å². The molecule has 0 fully saturated rings. The fourth-order valence-electron chi connectivity index (χ4n) is 1.91. The molecule has 2 aromatic rings. The summed E-state index contributed by atoms with van der Waals surface area (Å²) in [4.78, 5) is 16.1. The maximum Gasteiger partial charge on any atom is 0.311 e. The van der Waals surface area contributed by atoms with Crippen LogP contribution < -0.4 is 5.73 Å². The number of fused-ring (bicyclic) bond motifs is 1.